The summed E-state index contributed by atoms with van der Waals surface area (Å²) >= 11 is 1.61. The van der Waals surface area contributed by atoms with E-state index in [1.165, 1.54) is 0 Å². The molecule has 0 aliphatic heterocycles. The Balaban J connectivity index is 1.61. The molecule has 2 rings (SSSR count). The lowest BCUT2D eigenvalue weighted by Crippen LogP contribution is -2.38. The first-order chi connectivity index (χ1) is 9.78. The zero-order chi connectivity index (χ0) is 14.2. The number of aliphatic hydroxyl groups excluding tert-OH is 1. The van der Waals surface area contributed by atoms with Crippen LogP contribution in [-0.4, -0.2) is 34.4 Å². The van der Waals surface area contributed by atoms with Crippen LogP contribution in [-0.2, 0) is 4.79 Å². The molecular weight excluding hydrogens is 272 g/mol. The summed E-state index contributed by atoms with van der Waals surface area (Å²) in [5.74, 6) is 1.32. The molecule has 1 saturated carbocycles. The van der Waals surface area contributed by atoms with Crippen LogP contribution in [0.1, 0.15) is 32.1 Å². The second kappa shape index (κ2) is 8.27. The van der Waals surface area contributed by atoms with Gasteiger partial charge in [0.2, 0.25) is 5.91 Å². The number of nitrogens with one attached hydrogen (secondary N) is 1. The van der Waals surface area contributed by atoms with Crippen LogP contribution in [0.3, 0.4) is 0 Å². The van der Waals surface area contributed by atoms with Crippen molar-refractivity contribution < 1.29 is 9.90 Å². The number of nitrogens with zero attached hydrogens (tertiary/aromatic N) is 1. The van der Waals surface area contributed by atoms with Gasteiger partial charge in [0.25, 0.3) is 0 Å². The third kappa shape index (κ3) is 5.13. The van der Waals surface area contributed by atoms with Crippen molar-refractivity contribution in [1.82, 2.24) is 10.3 Å². The average Bonchev–Trinajstić information content (AvgIpc) is 2.49. The van der Waals surface area contributed by atoms with E-state index in [0.29, 0.717) is 18.4 Å². The van der Waals surface area contributed by atoms with Crippen molar-refractivity contribution in [3.05, 3.63) is 24.4 Å². The zero-order valence-corrected chi connectivity index (χ0v) is 12.4. The summed E-state index contributed by atoms with van der Waals surface area (Å²) in [7, 11) is 0. The molecule has 1 aliphatic rings. The molecule has 0 saturated heterocycles. The topological polar surface area (TPSA) is 62.2 Å². The number of aliphatic hydroxyl groups is 1. The summed E-state index contributed by atoms with van der Waals surface area (Å²) in [6.45, 7) is 0.279. The number of amides is 1. The van der Waals surface area contributed by atoms with Crippen LogP contribution >= 0.6 is 11.8 Å². The molecule has 0 bridgehead atoms. The Morgan fingerprint density at radius 3 is 2.80 bits per heavy atom. The quantitative estimate of drug-likeness (QED) is 0.790. The van der Waals surface area contributed by atoms with Gasteiger partial charge in [0.05, 0.1) is 5.03 Å². The third-order valence-electron chi connectivity index (χ3n) is 3.69. The number of carbonyl (C=O) groups is 1. The van der Waals surface area contributed by atoms with Gasteiger partial charge in [-0.2, -0.15) is 0 Å². The van der Waals surface area contributed by atoms with Crippen LogP contribution in [0.5, 0.6) is 0 Å². The number of thioether (sulfide) groups is 1. The molecule has 110 valence electrons. The molecule has 20 heavy (non-hydrogen) atoms. The predicted molar refractivity (Wildman–Crippen MR) is 80.6 cm³/mol. The SMILES string of the molecule is O=C(CCSc1ccccn1)NC1CCC(CO)CC1. The van der Waals surface area contributed by atoms with E-state index in [4.69, 9.17) is 5.11 Å². The van der Waals surface area contributed by atoms with Gasteiger partial charge in [-0.05, 0) is 43.7 Å². The summed E-state index contributed by atoms with van der Waals surface area (Å²) in [6.07, 6.45) is 6.31. The number of hydrogen-bond acceptors (Lipinski definition) is 4. The van der Waals surface area contributed by atoms with Gasteiger partial charge in [-0.25, -0.2) is 4.98 Å². The minimum absolute atomic E-state index is 0.126. The lowest BCUT2D eigenvalue weighted by Gasteiger charge is -2.27. The third-order valence-corrected chi connectivity index (χ3v) is 4.63. The molecule has 1 heterocycles. The average molecular weight is 294 g/mol. The van der Waals surface area contributed by atoms with Crippen LogP contribution in [0.2, 0.25) is 0 Å². The highest BCUT2D eigenvalue weighted by molar-refractivity contribution is 7.99. The highest BCUT2D eigenvalue weighted by atomic mass is 32.2. The zero-order valence-electron chi connectivity index (χ0n) is 11.6. The van der Waals surface area contributed by atoms with E-state index in [2.05, 4.69) is 10.3 Å². The second-order valence-electron chi connectivity index (χ2n) is 5.23. The molecule has 0 radical (unpaired) electrons. The minimum atomic E-state index is 0.126. The Morgan fingerprint density at radius 2 is 2.15 bits per heavy atom. The van der Waals surface area contributed by atoms with Crippen molar-refractivity contribution in [1.29, 1.82) is 0 Å². The fourth-order valence-corrected chi connectivity index (χ4v) is 3.28. The number of aromatic nitrogens is 1. The lowest BCUT2D eigenvalue weighted by atomic mass is 9.86. The monoisotopic (exact) mass is 294 g/mol. The van der Waals surface area contributed by atoms with Crippen LogP contribution in [0.15, 0.2) is 29.4 Å². The van der Waals surface area contributed by atoms with E-state index in [1.807, 2.05) is 18.2 Å². The summed E-state index contributed by atoms with van der Waals surface area (Å²) < 4.78 is 0. The van der Waals surface area contributed by atoms with Gasteiger partial charge in [0.15, 0.2) is 0 Å². The molecule has 4 nitrogen and oxygen atoms in total. The lowest BCUT2D eigenvalue weighted by molar-refractivity contribution is -0.121. The Bertz CT molecular complexity index is 406. The summed E-state index contributed by atoms with van der Waals surface area (Å²) in [6, 6.07) is 6.10. The molecule has 0 aromatic carbocycles. The molecule has 1 fully saturated rings. The Kier molecular flexibility index (Phi) is 6.33. The van der Waals surface area contributed by atoms with Crippen molar-refractivity contribution >= 4 is 17.7 Å². The fourth-order valence-electron chi connectivity index (χ4n) is 2.47. The first-order valence-electron chi connectivity index (χ1n) is 7.22. The molecule has 2 N–H and O–H groups in total. The maximum absolute atomic E-state index is 11.9. The van der Waals surface area contributed by atoms with Crippen molar-refractivity contribution in [3.8, 4) is 0 Å². The Labute approximate surface area is 124 Å². The normalized spacial score (nSPS) is 22.4. The molecule has 5 heteroatoms. The first kappa shape index (κ1) is 15.3. The number of pyridine rings is 1. The molecular formula is C15H22N2O2S. The van der Waals surface area contributed by atoms with Crippen LogP contribution in [0, 0.1) is 5.92 Å². The largest absolute Gasteiger partial charge is 0.396 e. The Hall–Kier alpha value is -1.07. The maximum Gasteiger partial charge on any atom is 0.221 e. The van der Waals surface area contributed by atoms with E-state index < -0.39 is 0 Å². The minimum Gasteiger partial charge on any atom is -0.396 e. The van der Waals surface area contributed by atoms with Crippen molar-refractivity contribution in [2.45, 2.75) is 43.2 Å². The standard InChI is InChI=1S/C15H22N2O2S/c18-11-12-4-6-13(7-5-12)17-14(19)8-10-20-15-3-1-2-9-16-15/h1-3,9,12-13,18H,4-8,10-11H2,(H,17,19). The van der Waals surface area contributed by atoms with Crippen LogP contribution < -0.4 is 5.32 Å². The van der Waals surface area contributed by atoms with Gasteiger partial charge in [0, 0.05) is 31.0 Å². The van der Waals surface area contributed by atoms with Gasteiger partial charge in [0.1, 0.15) is 0 Å². The molecule has 1 aromatic heterocycles. The van der Waals surface area contributed by atoms with Crippen molar-refractivity contribution in [3.63, 3.8) is 0 Å². The molecule has 1 aromatic rings. The Morgan fingerprint density at radius 1 is 1.35 bits per heavy atom. The van der Waals surface area contributed by atoms with E-state index in [-0.39, 0.29) is 12.5 Å². The molecule has 1 amide bonds. The number of hydrogen-bond donors (Lipinski definition) is 2. The van der Waals surface area contributed by atoms with Crippen LogP contribution in [0.25, 0.3) is 0 Å². The smallest absolute Gasteiger partial charge is 0.221 e. The van der Waals surface area contributed by atoms with E-state index in [0.717, 1.165) is 36.5 Å². The van der Waals surface area contributed by atoms with Crippen molar-refractivity contribution in [2.24, 2.45) is 5.92 Å². The van der Waals surface area contributed by atoms with E-state index >= 15 is 0 Å². The maximum atomic E-state index is 11.9. The number of carbonyl (C=O) groups excluding carboxylic acids is 1. The molecule has 0 atom stereocenters. The first-order valence-corrected chi connectivity index (χ1v) is 8.20. The molecule has 0 unspecified atom stereocenters. The summed E-state index contributed by atoms with van der Waals surface area (Å²) in [4.78, 5) is 16.1. The van der Waals surface area contributed by atoms with Gasteiger partial charge in [-0.15, -0.1) is 11.8 Å². The van der Waals surface area contributed by atoms with Gasteiger partial charge < -0.3 is 10.4 Å². The van der Waals surface area contributed by atoms with E-state index in [9.17, 15) is 4.79 Å². The van der Waals surface area contributed by atoms with Gasteiger partial charge in [-0.1, -0.05) is 6.07 Å². The second-order valence-corrected chi connectivity index (χ2v) is 6.35. The number of rotatable bonds is 6. The summed E-state index contributed by atoms with van der Waals surface area (Å²) in [5.41, 5.74) is 0. The fraction of sp³-hybridized carbons (Fsp3) is 0.600. The van der Waals surface area contributed by atoms with Gasteiger partial charge in [-0.3, -0.25) is 4.79 Å². The molecule has 0 spiro atoms. The highest BCUT2D eigenvalue weighted by Gasteiger charge is 2.21. The predicted octanol–water partition coefficient (Wildman–Crippen LogP) is 2.23. The highest BCUT2D eigenvalue weighted by Crippen LogP contribution is 2.23. The molecule has 1 aliphatic carbocycles. The van der Waals surface area contributed by atoms with E-state index in [1.54, 1.807) is 18.0 Å². The van der Waals surface area contributed by atoms with Crippen LogP contribution in [0.4, 0.5) is 0 Å². The summed E-state index contributed by atoms with van der Waals surface area (Å²) in [5, 5.41) is 13.1. The van der Waals surface area contributed by atoms with Gasteiger partial charge >= 0.3 is 0 Å². The van der Waals surface area contributed by atoms with Crippen molar-refractivity contribution in [2.75, 3.05) is 12.4 Å².